The lowest BCUT2D eigenvalue weighted by atomic mass is 11.5. The van der Waals surface area contributed by atoms with Gasteiger partial charge < -0.3 is 9.05 Å². The fourth-order valence-electron chi connectivity index (χ4n) is 0.786. The third-order valence-electron chi connectivity index (χ3n) is 1.30. The van der Waals surface area contributed by atoms with E-state index in [2.05, 4.69) is 9.35 Å². The van der Waals surface area contributed by atoms with Crippen molar-refractivity contribution in [1.82, 2.24) is 13.0 Å². The number of halogens is 2. The molecule has 0 bridgehead atoms. The van der Waals surface area contributed by atoms with Crippen LogP contribution >= 0.6 is 24.7 Å². The first-order valence-electron chi connectivity index (χ1n) is 3.83. The van der Waals surface area contributed by atoms with E-state index in [1.165, 1.54) is 25.6 Å². The van der Waals surface area contributed by atoms with E-state index in [1.54, 1.807) is 0 Å². The highest BCUT2D eigenvalue weighted by atomic mass is 31.2. The van der Waals surface area contributed by atoms with Crippen LogP contribution in [0.1, 0.15) is 0 Å². The third kappa shape index (κ3) is 3.25. The largest absolute Gasteiger partial charge is 0.366 e. The molecule has 0 aliphatic rings. The lowest BCUT2D eigenvalue weighted by molar-refractivity contribution is -0.116. The normalized spacial score (nSPS) is 13.9. The standard InChI is InChI=1S/C4H10F2N3O4P3/c1-10-9-15(11-2)7-14-8(13-4(5)6)16(9)12-3/h4H,1-3H3. The summed E-state index contributed by atoms with van der Waals surface area (Å²) in [6.07, 6.45) is 0. The Morgan fingerprint density at radius 1 is 1.25 bits per heavy atom. The van der Waals surface area contributed by atoms with Gasteiger partial charge in [0.2, 0.25) is 16.2 Å². The van der Waals surface area contributed by atoms with Crippen LogP contribution in [0, 0.1) is 0 Å². The van der Waals surface area contributed by atoms with Crippen LogP contribution in [0.5, 0.6) is 0 Å². The van der Waals surface area contributed by atoms with Gasteiger partial charge in [-0.25, -0.2) is 0 Å². The molecule has 0 aliphatic heterocycles. The van der Waals surface area contributed by atoms with Gasteiger partial charge in [0.15, 0.2) is 8.51 Å². The first kappa shape index (κ1) is 14.1. The van der Waals surface area contributed by atoms with Crippen LogP contribution < -0.4 is 18.7 Å². The highest BCUT2D eigenvalue weighted by Crippen LogP contribution is 2.34. The van der Waals surface area contributed by atoms with Crippen molar-refractivity contribution in [1.29, 1.82) is 0 Å². The van der Waals surface area contributed by atoms with E-state index in [0.29, 0.717) is 0 Å². The molecular formula is C4H10F2N3O4P3. The summed E-state index contributed by atoms with van der Waals surface area (Å²) in [4.78, 5) is 9.24. The van der Waals surface area contributed by atoms with Crippen LogP contribution in [0.25, 0.3) is 0 Å². The molecule has 0 saturated heterocycles. The van der Waals surface area contributed by atoms with Crippen LogP contribution in [0.2, 0.25) is 0 Å². The van der Waals surface area contributed by atoms with Gasteiger partial charge >= 0.3 is 6.61 Å². The molecule has 1 heterocycles. The van der Waals surface area contributed by atoms with Crippen molar-refractivity contribution >= 4 is 24.7 Å². The van der Waals surface area contributed by atoms with Gasteiger partial charge in [-0.2, -0.15) is 18.1 Å². The average molecular weight is 295 g/mol. The van der Waals surface area contributed by atoms with Gasteiger partial charge in [0.1, 0.15) is 0 Å². The molecule has 1 rings (SSSR count). The predicted molar refractivity (Wildman–Crippen MR) is 55.9 cm³/mol. The van der Waals surface area contributed by atoms with Gasteiger partial charge in [-0.1, -0.05) is 0 Å². The summed E-state index contributed by atoms with van der Waals surface area (Å²) in [6, 6.07) is 0. The molecule has 16 heavy (non-hydrogen) atoms. The van der Waals surface area contributed by atoms with Gasteiger partial charge in [0.25, 0.3) is 0 Å². The Labute approximate surface area is 93.9 Å². The highest BCUT2D eigenvalue weighted by molar-refractivity contribution is 7.55. The minimum Gasteiger partial charge on any atom is -0.305 e. The Morgan fingerprint density at radius 2 is 1.94 bits per heavy atom. The van der Waals surface area contributed by atoms with E-state index in [4.69, 9.17) is 13.9 Å². The minimum atomic E-state index is -2.94. The van der Waals surface area contributed by atoms with Crippen LogP contribution in [0.15, 0.2) is 0 Å². The fraction of sp³-hybridized carbons (Fsp3) is 1.00. The Balaban J connectivity index is 3.20. The monoisotopic (exact) mass is 295 g/mol. The van der Waals surface area contributed by atoms with Crippen molar-refractivity contribution in [2.45, 2.75) is 6.61 Å². The maximum Gasteiger partial charge on any atom is 0.366 e. The van der Waals surface area contributed by atoms with Crippen LogP contribution in [-0.4, -0.2) is 41.0 Å². The van der Waals surface area contributed by atoms with E-state index < -0.39 is 22.8 Å². The second kappa shape index (κ2) is 6.67. The van der Waals surface area contributed by atoms with Crippen LogP contribution in [-0.2, 0) is 0 Å². The van der Waals surface area contributed by atoms with Gasteiger partial charge in [-0.3, -0.25) is 4.84 Å². The quantitative estimate of drug-likeness (QED) is 0.816. The minimum absolute atomic E-state index is 0.204. The first-order chi connectivity index (χ1) is 7.63. The van der Waals surface area contributed by atoms with Crippen molar-refractivity contribution in [3.63, 3.8) is 0 Å². The van der Waals surface area contributed by atoms with E-state index in [-0.39, 0.29) is 8.51 Å². The van der Waals surface area contributed by atoms with Gasteiger partial charge in [0, 0.05) is 14.2 Å². The lowest BCUT2D eigenvalue weighted by Gasteiger charge is -2.16. The summed E-state index contributed by atoms with van der Waals surface area (Å²) in [6.45, 7) is -2.94. The smallest absolute Gasteiger partial charge is 0.305 e. The SMILES string of the molecule is COn1p(OC)npn(OC(F)F)p1OC. The molecule has 0 aromatic carbocycles. The summed E-state index contributed by atoms with van der Waals surface area (Å²) >= 11 is 0. The zero-order valence-electron chi connectivity index (χ0n) is 8.65. The predicted octanol–water partition coefficient (Wildman–Crippen LogP) is 1.19. The Hall–Kier alpha value is -0.000000000000000132. The zero-order valence-corrected chi connectivity index (χ0v) is 11.3. The molecule has 1 aromatic rings. The summed E-state index contributed by atoms with van der Waals surface area (Å²) in [5, 5.41) is 0. The van der Waals surface area contributed by atoms with Gasteiger partial charge in [-0.05, 0) is 0 Å². The molecular weight excluding hydrogens is 285 g/mol. The molecule has 1 aromatic heterocycles. The molecule has 94 valence electrons. The maximum absolute atomic E-state index is 12.1. The highest BCUT2D eigenvalue weighted by Gasteiger charge is 2.15. The Bertz CT molecular complexity index is 371. The van der Waals surface area contributed by atoms with E-state index >= 15 is 0 Å². The molecule has 0 N–H and O–H groups in total. The summed E-state index contributed by atoms with van der Waals surface area (Å²) < 4.78 is 40.4. The molecule has 2 atom stereocenters. The van der Waals surface area contributed by atoms with E-state index in [0.717, 1.165) is 4.26 Å². The third-order valence-corrected chi connectivity index (χ3v) is 6.04. The van der Waals surface area contributed by atoms with Crippen molar-refractivity contribution in [2.24, 2.45) is 0 Å². The molecule has 0 saturated carbocycles. The number of hydrogen-bond acceptors (Lipinski definition) is 5. The second-order valence-electron chi connectivity index (χ2n) is 2.10. The number of alkyl halides is 2. The number of aromatic nitrogens is 3. The van der Waals surface area contributed by atoms with Crippen molar-refractivity contribution in [3.8, 4) is 0 Å². The topological polar surface area (TPSA) is 59.7 Å². The molecule has 0 spiro atoms. The van der Waals surface area contributed by atoms with Crippen molar-refractivity contribution in [3.05, 3.63) is 0 Å². The van der Waals surface area contributed by atoms with Gasteiger partial charge in [0.05, 0.1) is 7.11 Å². The van der Waals surface area contributed by atoms with Crippen LogP contribution in [0.4, 0.5) is 8.78 Å². The Morgan fingerprint density at radius 3 is 2.38 bits per heavy atom. The maximum atomic E-state index is 12.1. The molecule has 2 unspecified atom stereocenters. The molecule has 0 aliphatic carbocycles. The van der Waals surface area contributed by atoms with Crippen molar-refractivity contribution in [2.75, 3.05) is 21.3 Å². The molecule has 0 radical (unpaired) electrons. The summed E-state index contributed by atoms with van der Waals surface area (Å²) in [5.41, 5.74) is 0. The van der Waals surface area contributed by atoms with Crippen LogP contribution in [0.3, 0.4) is 0 Å². The van der Waals surface area contributed by atoms with Crippen molar-refractivity contribution < 1.29 is 27.5 Å². The average Bonchev–Trinajstić information content (AvgIpc) is 2.27. The lowest BCUT2D eigenvalue weighted by Crippen LogP contribution is -2.19. The number of hydrogen-bond donors (Lipinski definition) is 0. The fourth-order valence-corrected chi connectivity index (χ4v) is 5.72. The first-order valence-corrected chi connectivity index (χ1v) is 6.96. The molecule has 0 fully saturated rings. The number of nitrogens with zero attached hydrogens (tertiary/aromatic N) is 3. The molecule has 7 nitrogen and oxygen atoms in total. The molecule has 12 heteroatoms. The number of rotatable bonds is 5. The zero-order chi connectivity index (χ0) is 12.1. The van der Waals surface area contributed by atoms with Gasteiger partial charge in [-0.15, -0.1) is 8.51 Å². The van der Waals surface area contributed by atoms with E-state index in [1.807, 2.05) is 0 Å². The second-order valence-corrected chi connectivity index (χ2v) is 6.82. The molecule has 0 amide bonds. The Kier molecular flexibility index (Phi) is 5.86. The van der Waals surface area contributed by atoms with E-state index in [9.17, 15) is 8.78 Å². The summed E-state index contributed by atoms with van der Waals surface area (Å²) in [5.74, 6) is 0. The summed E-state index contributed by atoms with van der Waals surface area (Å²) in [7, 11) is 1.39.